The van der Waals surface area contributed by atoms with Gasteiger partial charge in [-0.25, -0.2) is 4.79 Å². The molecule has 1 aliphatic rings. The van der Waals surface area contributed by atoms with E-state index in [0.29, 0.717) is 0 Å². The highest BCUT2D eigenvalue weighted by Gasteiger charge is 2.31. The molecule has 1 aromatic rings. The van der Waals surface area contributed by atoms with E-state index in [9.17, 15) is 19.7 Å². The average molecular weight is 320 g/mol. The first-order valence-electron chi connectivity index (χ1n) is 7.55. The van der Waals surface area contributed by atoms with Gasteiger partial charge in [0, 0.05) is 29.8 Å². The molecule has 7 heteroatoms. The second-order valence-electron chi connectivity index (χ2n) is 5.86. The van der Waals surface area contributed by atoms with Gasteiger partial charge in [-0.05, 0) is 39.2 Å². The molecule has 23 heavy (non-hydrogen) atoms. The average Bonchev–Trinajstić information content (AvgIpc) is 2.53. The highest BCUT2D eigenvalue weighted by atomic mass is 16.6. The topological polar surface area (TPSA) is 89.8 Å². The lowest BCUT2D eigenvalue weighted by Gasteiger charge is -2.39. The number of ether oxygens (including phenoxy) is 1. The minimum absolute atomic E-state index is 0.00219. The van der Waals surface area contributed by atoms with Gasteiger partial charge in [-0.1, -0.05) is 0 Å². The second-order valence-corrected chi connectivity index (χ2v) is 5.86. The van der Waals surface area contributed by atoms with E-state index in [1.165, 1.54) is 19.2 Å². The molecule has 7 nitrogen and oxygen atoms in total. The molecule has 2 rings (SSSR count). The van der Waals surface area contributed by atoms with Crippen LogP contribution in [0.5, 0.6) is 0 Å². The Morgan fingerprint density at radius 2 is 1.74 bits per heavy atom. The lowest BCUT2D eigenvalue weighted by Crippen LogP contribution is -2.47. The van der Waals surface area contributed by atoms with E-state index in [4.69, 9.17) is 0 Å². The Bertz CT molecular complexity index is 633. The molecule has 0 bridgehead atoms. The van der Waals surface area contributed by atoms with Gasteiger partial charge >= 0.3 is 5.97 Å². The van der Waals surface area contributed by atoms with Gasteiger partial charge in [0.25, 0.3) is 11.6 Å². The summed E-state index contributed by atoms with van der Waals surface area (Å²) in [5.74, 6) is -0.999. The fourth-order valence-electron chi connectivity index (χ4n) is 3.05. The van der Waals surface area contributed by atoms with Crippen molar-refractivity contribution < 1.29 is 19.2 Å². The van der Waals surface area contributed by atoms with Gasteiger partial charge in [-0.3, -0.25) is 14.9 Å². The number of non-ortho nitro benzene ring substituents is 1. The highest BCUT2D eigenvalue weighted by molar-refractivity contribution is 5.99. The van der Waals surface area contributed by atoms with Crippen molar-refractivity contribution in [3.8, 4) is 0 Å². The summed E-state index contributed by atoms with van der Waals surface area (Å²) in [5, 5.41) is 11.1. The number of nitro benzene ring substituents is 1. The summed E-state index contributed by atoms with van der Waals surface area (Å²) < 4.78 is 4.61. The Kier molecular flexibility index (Phi) is 4.98. The fraction of sp³-hybridized carbons (Fsp3) is 0.500. The number of likely N-dealkylation sites (tertiary alicyclic amines) is 1. The number of amides is 1. The molecule has 1 amide bonds. The quantitative estimate of drug-likeness (QED) is 0.485. The molecular formula is C16H20N2O5. The Morgan fingerprint density at radius 3 is 2.26 bits per heavy atom. The normalized spacial score (nSPS) is 20.9. The molecule has 0 spiro atoms. The van der Waals surface area contributed by atoms with Crippen LogP contribution in [0.15, 0.2) is 18.2 Å². The molecule has 2 atom stereocenters. The molecule has 1 heterocycles. The van der Waals surface area contributed by atoms with Crippen LogP contribution < -0.4 is 0 Å². The van der Waals surface area contributed by atoms with Crippen LogP contribution in [0.3, 0.4) is 0 Å². The minimum Gasteiger partial charge on any atom is -0.465 e. The summed E-state index contributed by atoms with van der Waals surface area (Å²) in [6.07, 6.45) is 2.85. The molecule has 0 aromatic heterocycles. The number of nitrogens with zero attached hydrogens (tertiary/aromatic N) is 2. The van der Waals surface area contributed by atoms with Gasteiger partial charge in [0.2, 0.25) is 0 Å². The standard InChI is InChI=1S/C16H20N2O5/c1-10-5-4-6-11(2)17(10)15(19)12-7-13(16(20)23-3)9-14(8-12)18(21)22/h7-11H,4-6H2,1-3H3. The predicted octanol–water partition coefficient (Wildman–Crippen LogP) is 2.78. The van der Waals surface area contributed by atoms with Gasteiger partial charge in [0.05, 0.1) is 17.6 Å². The number of carbonyl (C=O) groups excluding carboxylic acids is 2. The van der Waals surface area contributed by atoms with Crippen molar-refractivity contribution in [2.75, 3.05) is 7.11 Å². The number of rotatable bonds is 3. The van der Waals surface area contributed by atoms with Crippen LogP contribution in [0.1, 0.15) is 53.8 Å². The Morgan fingerprint density at radius 1 is 1.17 bits per heavy atom. The first kappa shape index (κ1) is 16.9. The maximum absolute atomic E-state index is 12.8. The van der Waals surface area contributed by atoms with Crippen molar-refractivity contribution >= 4 is 17.6 Å². The van der Waals surface area contributed by atoms with Crippen molar-refractivity contribution in [2.45, 2.75) is 45.2 Å². The number of carbonyl (C=O) groups is 2. The summed E-state index contributed by atoms with van der Waals surface area (Å²) in [4.78, 5) is 36.7. The number of nitro groups is 1. The molecule has 1 aliphatic heterocycles. The van der Waals surface area contributed by atoms with E-state index in [1.54, 1.807) is 4.90 Å². The summed E-state index contributed by atoms with van der Waals surface area (Å²) in [6.45, 7) is 3.93. The van der Waals surface area contributed by atoms with Crippen molar-refractivity contribution in [2.24, 2.45) is 0 Å². The molecule has 0 saturated carbocycles. The van der Waals surface area contributed by atoms with Crippen LogP contribution in [-0.2, 0) is 4.74 Å². The number of hydrogen-bond acceptors (Lipinski definition) is 5. The van der Waals surface area contributed by atoms with Crippen LogP contribution >= 0.6 is 0 Å². The Labute approximate surface area is 134 Å². The zero-order valence-corrected chi connectivity index (χ0v) is 13.4. The minimum atomic E-state index is -0.706. The molecule has 0 aliphatic carbocycles. The summed E-state index contributed by atoms with van der Waals surface area (Å²) in [5.41, 5.74) is -0.156. The number of piperidine rings is 1. The molecule has 2 unspecified atom stereocenters. The van der Waals surface area contributed by atoms with Crippen molar-refractivity contribution in [3.05, 3.63) is 39.4 Å². The number of methoxy groups -OCH3 is 1. The number of hydrogen-bond donors (Lipinski definition) is 0. The lowest BCUT2D eigenvalue weighted by atomic mass is 9.96. The summed E-state index contributed by atoms with van der Waals surface area (Å²) in [6, 6.07) is 3.81. The largest absolute Gasteiger partial charge is 0.465 e. The highest BCUT2D eigenvalue weighted by Crippen LogP contribution is 2.26. The first-order chi connectivity index (χ1) is 10.8. The number of benzene rings is 1. The zero-order valence-electron chi connectivity index (χ0n) is 13.4. The third-order valence-electron chi connectivity index (χ3n) is 4.22. The van der Waals surface area contributed by atoms with Gasteiger partial charge in [-0.2, -0.15) is 0 Å². The van der Waals surface area contributed by atoms with Crippen molar-refractivity contribution in [1.82, 2.24) is 4.90 Å². The molecule has 1 fully saturated rings. The molecular weight excluding hydrogens is 300 g/mol. The molecule has 1 aromatic carbocycles. The Hall–Kier alpha value is -2.44. The van der Waals surface area contributed by atoms with Crippen molar-refractivity contribution in [1.29, 1.82) is 0 Å². The predicted molar refractivity (Wildman–Crippen MR) is 83.4 cm³/mol. The first-order valence-corrected chi connectivity index (χ1v) is 7.55. The molecule has 124 valence electrons. The van der Waals surface area contributed by atoms with Gasteiger partial charge in [0.15, 0.2) is 0 Å². The van der Waals surface area contributed by atoms with Gasteiger partial charge in [-0.15, -0.1) is 0 Å². The van der Waals surface area contributed by atoms with Crippen LogP contribution in [0.2, 0.25) is 0 Å². The van der Waals surface area contributed by atoms with Crippen LogP contribution in [0, 0.1) is 10.1 Å². The SMILES string of the molecule is COC(=O)c1cc(C(=O)N2C(C)CCCC2C)cc([N+](=O)[O-])c1. The van der Waals surface area contributed by atoms with Gasteiger partial charge in [0.1, 0.15) is 0 Å². The number of esters is 1. The van der Waals surface area contributed by atoms with E-state index in [1.807, 2.05) is 13.8 Å². The van der Waals surface area contributed by atoms with Crippen LogP contribution in [-0.4, -0.2) is 40.9 Å². The smallest absolute Gasteiger partial charge is 0.338 e. The van der Waals surface area contributed by atoms with E-state index < -0.39 is 10.9 Å². The van der Waals surface area contributed by atoms with Crippen LogP contribution in [0.25, 0.3) is 0 Å². The molecule has 0 N–H and O–H groups in total. The molecule has 1 saturated heterocycles. The second kappa shape index (κ2) is 6.76. The van der Waals surface area contributed by atoms with E-state index in [0.717, 1.165) is 25.3 Å². The van der Waals surface area contributed by atoms with E-state index in [2.05, 4.69) is 4.74 Å². The maximum Gasteiger partial charge on any atom is 0.338 e. The summed E-state index contributed by atoms with van der Waals surface area (Å²) in [7, 11) is 1.19. The summed E-state index contributed by atoms with van der Waals surface area (Å²) >= 11 is 0. The van der Waals surface area contributed by atoms with E-state index >= 15 is 0 Å². The lowest BCUT2D eigenvalue weighted by molar-refractivity contribution is -0.384. The Balaban J connectivity index is 2.44. The van der Waals surface area contributed by atoms with E-state index in [-0.39, 0.29) is 34.8 Å². The van der Waals surface area contributed by atoms with Gasteiger partial charge < -0.3 is 9.64 Å². The van der Waals surface area contributed by atoms with Crippen molar-refractivity contribution in [3.63, 3.8) is 0 Å². The zero-order chi connectivity index (χ0) is 17.1. The van der Waals surface area contributed by atoms with Crippen LogP contribution in [0.4, 0.5) is 5.69 Å². The third kappa shape index (κ3) is 3.49. The third-order valence-corrected chi connectivity index (χ3v) is 4.22. The maximum atomic E-state index is 12.8. The monoisotopic (exact) mass is 320 g/mol. The molecule has 0 radical (unpaired) electrons. The fourth-order valence-corrected chi connectivity index (χ4v) is 3.05.